The van der Waals surface area contributed by atoms with Gasteiger partial charge in [0.05, 0.1) is 24.0 Å². The third kappa shape index (κ3) is 7.63. The van der Waals surface area contributed by atoms with Crippen molar-refractivity contribution >= 4 is 23.6 Å². The molecule has 2 aromatic carbocycles. The second kappa shape index (κ2) is 11.9. The van der Waals surface area contributed by atoms with Crippen LogP contribution in [0.2, 0.25) is 0 Å². The molecule has 3 rings (SSSR count). The molecule has 0 saturated heterocycles. The maximum absolute atomic E-state index is 13.5. The summed E-state index contributed by atoms with van der Waals surface area (Å²) in [5, 5.41) is 4.27. The van der Waals surface area contributed by atoms with Crippen LogP contribution in [0, 0.1) is 11.7 Å². The van der Waals surface area contributed by atoms with Crippen LogP contribution in [0.15, 0.2) is 54.6 Å². The number of nitrogens with one attached hydrogen (secondary N) is 2. The third-order valence-corrected chi connectivity index (χ3v) is 5.55. The van der Waals surface area contributed by atoms with Gasteiger partial charge in [-0.3, -0.25) is 14.6 Å². The molecule has 1 aliphatic rings. The van der Waals surface area contributed by atoms with Gasteiger partial charge >= 0.3 is 6.18 Å². The van der Waals surface area contributed by atoms with Crippen molar-refractivity contribution in [2.24, 2.45) is 5.92 Å². The number of hydrazine groups is 1. The fraction of sp³-hybridized carbons (Fsp3) is 0.360. The number of alkyl halides is 3. The van der Waals surface area contributed by atoms with Crippen LogP contribution in [0.4, 0.5) is 23.2 Å². The highest BCUT2D eigenvalue weighted by molar-refractivity contribution is 5.85. The number of hydrogen-bond donors (Lipinski definition) is 2. The first kappa shape index (κ1) is 26.4. The minimum absolute atomic E-state index is 0.0230. The van der Waals surface area contributed by atoms with Gasteiger partial charge in [-0.2, -0.15) is 13.2 Å². The Morgan fingerprint density at radius 1 is 1.23 bits per heavy atom. The Balaban J connectivity index is 1.83. The van der Waals surface area contributed by atoms with Crippen LogP contribution in [0.25, 0.3) is 5.70 Å². The smallest absolute Gasteiger partial charge is 0.367 e. The van der Waals surface area contributed by atoms with Gasteiger partial charge in [0.2, 0.25) is 6.41 Å². The van der Waals surface area contributed by atoms with Crippen LogP contribution in [0.5, 0.6) is 0 Å². The van der Waals surface area contributed by atoms with Gasteiger partial charge in [-0.1, -0.05) is 25.1 Å². The molecule has 35 heavy (non-hydrogen) atoms. The van der Waals surface area contributed by atoms with E-state index in [0.717, 1.165) is 0 Å². The van der Waals surface area contributed by atoms with Gasteiger partial charge in [0.25, 0.3) is 0 Å². The summed E-state index contributed by atoms with van der Waals surface area (Å²) in [6.07, 6.45) is -1.26. The molecule has 0 radical (unpaired) electrons. The number of carbonyl (C=O) groups excluding carboxylic acids is 2. The highest BCUT2D eigenvalue weighted by Gasteiger charge is 2.29. The van der Waals surface area contributed by atoms with E-state index in [9.17, 15) is 27.2 Å². The van der Waals surface area contributed by atoms with Gasteiger partial charge in [-0.15, -0.1) is 0 Å². The predicted molar refractivity (Wildman–Crippen MR) is 123 cm³/mol. The summed E-state index contributed by atoms with van der Waals surface area (Å²) >= 11 is 0. The predicted octanol–water partition coefficient (Wildman–Crippen LogP) is 4.37. The highest BCUT2D eigenvalue weighted by Crippen LogP contribution is 2.31. The number of hydrogen-bond acceptors (Lipinski definition) is 5. The lowest BCUT2D eigenvalue weighted by Crippen LogP contribution is -2.39. The largest absolute Gasteiger partial charge is 0.411 e. The lowest BCUT2D eigenvalue weighted by atomic mass is 9.95. The molecule has 188 valence electrons. The van der Waals surface area contributed by atoms with E-state index >= 15 is 0 Å². The van der Waals surface area contributed by atoms with Crippen LogP contribution in [-0.4, -0.2) is 37.6 Å². The molecule has 0 aliphatic carbocycles. The first-order valence-corrected chi connectivity index (χ1v) is 11.2. The Hall–Kier alpha value is -3.24. The van der Waals surface area contributed by atoms with Crippen LogP contribution >= 0.6 is 0 Å². The molecule has 0 fully saturated rings. The molecule has 2 unspecified atom stereocenters. The molecule has 1 amide bonds. The maximum atomic E-state index is 13.5. The van der Waals surface area contributed by atoms with Gasteiger partial charge in [-0.05, 0) is 54.0 Å². The lowest BCUT2D eigenvalue weighted by Gasteiger charge is -2.25. The second-order valence-corrected chi connectivity index (χ2v) is 8.21. The minimum atomic E-state index is -4.41. The van der Waals surface area contributed by atoms with E-state index in [1.165, 1.54) is 12.1 Å². The number of halogens is 4. The third-order valence-electron chi connectivity index (χ3n) is 5.55. The Morgan fingerprint density at radius 3 is 2.63 bits per heavy atom. The zero-order valence-electron chi connectivity index (χ0n) is 19.1. The molecule has 2 aromatic rings. The van der Waals surface area contributed by atoms with E-state index < -0.39 is 18.6 Å². The number of carbonyl (C=O) groups is 2. The molecule has 2 atom stereocenters. The summed E-state index contributed by atoms with van der Waals surface area (Å²) in [6, 6.07) is 12.3. The van der Waals surface area contributed by atoms with Gasteiger partial charge in [-0.25, -0.2) is 9.82 Å². The molecular formula is C25H27F4N3O3. The van der Waals surface area contributed by atoms with Crippen molar-refractivity contribution in [1.82, 2.24) is 10.7 Å². The average Bonchev–Trinajstić information content (AvgIpc) is 3.23. The maximum Gasteiger partial charge on any atom is 0.411 e. The highest BCUT2D eigenvalue weighted by atomic mass is 19.4. The molecule has 10 heteroatoms. The summed E-state index contributed by atoms with van der Waals surface area (Å²) in [5.74, 6) is -0.750. The van der Waals surface area contributed by atoms with Gasteiger partial charge in [0, 0.05) is 18.9 Å². The molecule has 0 bridgehead atoms. The molecule has 0 aromatic heterocycles. The number of ether oxygens (including phenoxy) is 1. The van der Waals surface area contributed by atoms with Crippen molar-refractivity contribution in [1.29, 1.82) is 0 Å². The number of amides is 1. The fourth-order valence-corrected chi connectivity index (χ4v) is 3.84. The van der Waals surface area contributed by atoms with Gasteiger partial charge < -0.3 is 10.1 Å². The van der Waals surface area contributed by atoms with Crippen molar-refractivity contribution in [2.45, 2.75) is 38.6 Å². The van der Waals surface area contributed by atoms with Crippen molar-refractivity contribution in [3.05, 3.63) is 71.6 Å². The molecule has 2 N–H and O–H groups in total. The number of ketones is 1. The SMILES string of the molecule is CCC(CNC=O)C(=O)CC1C=C(c2cccc(COCC(F)(F)F)c2)N(c2ccc(F)cc2)N1. The number of benzene rings is 2. The zero-order chi connectivity index (χ0) is 25.4. The van der Waals surface area contributed by atoms with E-state index in [0.29, 0.717) is 35.3 Å². The molecule has 1 heterocycles. The molecule has 6 nitrogen and oxygen atoms in total. The standard InChI is InChI=1S/C25H27F4N3O3/c1-2-18(13-30-16-33)24(34)12-21-11-23(32(31-21)22-8-6-20(26)7-9-22)19-5-3-4-17(10-19)14-35-15-25(27,28)29/h3-11,16,18,21,31H,2,12-15H2,1H3,(H,30,33). The Bertz CT molecular complexity index is 1040. The molecule has 1 aliphatic heterocycles. The van der Waals surface area contributed by atoms with Crippen molar-refractivity contribution < 1.29 is 31.9 Å². The summed E-state index contributed by atoms with van der Waals surface area (Å²) < 4.78 is 55.6. The topological polar surface area (TPSA) is 70.7 Å². The van der Waals surface area contributed by atoms with Crippen molar-refractivity contribution in [3.63, 3.8) is 0 Å². The van der Waals surface area contributed by atoms with E-state index in [1.807, 2.05) is 13.0 Å². The summed E-state index contributed by atoms with van der Waals surface area (Å²) in [7, 11) is 0. The van der Waals surface area contributed by atoms with Gasteiger partial charge in [0.15, 0.2) is 0 Å². The molecular weight excluding hydrogens is 466 g/mol. The number of rotatable bonds is 12. The number of anilines is 1. The average molecular weight is 494 g/mol. The minimum Gasteiger partial charge on any atom is -0.367 e. The van der Waals surface area contributed by atoms with E-state index in [-0.39, 0.29) is 37.3 Å². The van der Waals surface area contributed by atoms with E-state index in [2.05, 4.69) is 10.7 Å². The zero-order valence-corrected chi connectivity index (χ0v) is 19.1. The van der Waals surface area contributed by atoms with Crippen molar-refractivity contribution in [2.75, 3.05) is 18.2 Å². The molecule has 0 saturated carbocycles. The molecule has 0 spiro atoms. The number of Topliss-reactive ketones (excluding diaryl/α,β-unsaturated/α-hetero) is 1. The quantitative estimate of drug-likeness (QED) is 0.340. The van der Waals surface area contributed by atoms with E-state index in [1.54, 1.807) is 41.4 Å². The van der Waals surface area contributed by atoms with Crippen LogP contribution in [0.1, 0.15) is 30.9 Å². The summed E-state index contributed by atoms with van der Waals surface area (Å²) in [6.45, 7) is 0.568. The van der Waals surface area contributed by atoms with E-state index in [4.69, 9.17) is 4.74 Å². The second-order valence-electron chi connectivity index (χ2n) is 8.21. The number of nitrogens with zero attached hydrogens (tertiary/aromatic N) is 1. The first-order chi connectivity index (χ1) is 16.7. The first-order valence-electron chi connectivity index (χ1n) is 11.2. The van der Waals surface area contributed by atoms with Crippen LogP contribution in [-0.2, 0) is 20.9 Å². The Labute approximate surface area is 200 Å². The fourth-order valence-electron chi connectivity index (χ4n) is 3.84. The Morgan fingerprint density at radius 2 is 1.97 bits per heavy atom. The summed E-state index contributed by atoms with van der Waals surface area (Å²) in [5.41, 5.74) is 5.80. The Kier molecular flexibility index (Phi) is 9.00. The normalized spacial score (nSPS) is 16.7. The lowest BCUT2D eigenvalue weighted by molar-refractivity contribution is -0.176. The monoisotopic (exact) mass is 493 g/mol. The van der Waals surface area contributed by atoms with Crippen LogP contribution < -0.4 is 15.8 Å². The summed E-state index contributed by atoms with van der Waals surface area (Å²) in [4.78, 5) is 23.4. The van der Waals surface area contributed by atoms with Gasteiger partial charge in [0.1, 0.15) is 18.2 Å². The van der Waals surface area contributed by atoms with Crippen LogP contribution in [0.3, 0.4) is 0 Å². The van der Waals surface area contributed by atoms with Crippen molar-refractivity contribution in [3.8, 4) is 0 Å².